The molecular formula is C20H25N5O3. The van der Waals surface area contributed by atoms with E-state index in [1.165, 1.54) is 0 Å². The van der Waals surface area contributed by atoms with Gasteiger partial charge in [-0.2, -0.15) is 0 Å². The molecule has 3 rings (SSSR count). The van der Waals surface area contributed by atoms with E-state index in [0.29, 0.717) is 13.3 Å². The first-order valence-corrected chi connectivity index (χ1v) is 9.05. The smallest absolute Gasteiger partial charge is 0.132 e. The number of ether oxygens (including phenoxy) is 2. The van der Waals surface area contributed by atoms with Crippen molar-refractivity contribution >= 4 is 11.4 Å². The molecule has 1 heterocycles. The predicted octanol–water partition coefficient (Wildman–Crippen LogP) is 4.03. The van der Waals surface area contributed by atoms with Crippen molar-refractivity contribution in [1.29, 1.82) is 0 Å². The summed E-state index contributed by atoms with van der Waals surface area (Å²) in [5.74, 6) is 1.49. The summed E-state index contributed by atoms with van der Waals surface area (Å²) < 4.78 is 11.6. The molecule has 0 amide bonds. The molecule has 2 aromatic carbocycles. The van der Waals surface area contributed by atoms with Crippen molar-refractivity contribution in [2.24, 2.45) is 15.6 Å². The van der Waals surface area contributed by atoms with Crippen LogP contribution in [0.1, 0.15) is 24.5 Å². The minimum atomic E-state index is 0.335. The topological polar surface area (TPSA) is 71.2 Å². The lowest BCUT2D eigenvalue weighted by Crippen LogP contribution is -2.23. The predicted molar refractivity (Wildman–Crippen MR) is 108 cm³/mol. The Labute approximate surface area is 164 Å². The Morgan fingerprint density at radius 2 is 1.96 bits per heavy atom. The van der Waals surface area contributed by atoms with Crippen LogP contribution in [0.2, 0.25) is 0 Å². The van der Waals surface area contributed by atoms with Crippen molar-refractivity contribution < 1.29 is 14.3 Å². The maximum Gasteiger partial charge on any atom is 0.132 e. The molecule has 0 bridgehead atoms. The van der Waals surface area contributed by atoms with Crippen molar-refractivity contribution in [2.45, 2.75) is 20.0 Å². The highest BCUT2D eigenvalue weighted by atomic mass is 16.6. The van der Waals surface area contributed by atoms with Gasteiger partial charge in [0.25, 0.3) is 0 Å². The van der Waals surface area contributed by atoms with Crippen LogP contribution in [0.5, 0.6) is 11.5 Å². The van der Waals surface area contributed by atoms with Gasteiger partial charge in [-0.1, -0.05) is 35.5 Å². The van der Waals surface area contributed by atoms with Crippen LogP contribution >= 0.6 is 0 Å². The molecule has 0 aromatic heterocycles. The van der Waals surface area contributed by atoms with Crippen molar-refractivity contribution in [2.75, 3.05) is 32.9 Å². The molecule has 0 radical (unpaired) electrons. The Balaban J connectivity index is 1.83. The van der Waals surface area contributed by atoms with Crippen LogP contribution in [0.4, 0.5) is 5.69 Å². The van der Waals surface area contributed by atoms with E-state index in [4.69, 9.17) is 14.3 Å². The lowest BCUT2D eigenvalue weighted by molar-refractivity contribution is 0.213. The largest absolute Gasteiger partial charge is 0.496 e. The summed E-state index contributed by atoms with van der Waals surface area (Å²) in [6.07, 6.45) is 0.765. The fraction of sp³-hybridized carbons (Fsp3) is 0.350. The van der Waals surface area contributed by atoms with E-state index < -0.39 is 0 Å². The van der Waals surface area contributed by atoms with E-state index in [1.54, 1.807) is 19.2 Å². The Morgan fingerprint density at radius 1 is 1.14 bits per heavy atom. The second kappa shape index (κ2) is 9.07. The quantitative estimate of drug-likeness (QED) is 0.508. The van der Waals surface area contributed by atoms with Crippen LogP contribution in [0.25, 0.3) is 0 Å². The molecule has 8 nitrogen and oxygen atoms in total. The fourth-order valence-corrected chi connectivity index (χ4v) is 2.98. The highest BCUT2D eigenvalue weighted by Gasteiger charge is 2.20. The molecule has 148 valence electrons. The van der Waals surface area contributed by atoms with Crippen molar-refractivity contribution in [3.63, 3.8) is 0 Å². The highest BCUT2D eigenvalue weighted by Crippen LogP contribution is 2.32. The average molecular weight is 383 g/mol. The molecule has 8 heteroatoms. The van der Waals surface area contributed by atoms with Crippen molar-refractivity contribution in [3.8, 4) is 11.5 Å². The third kappa shape index (κ3) is 4.33. The molecule has 0 aliphatic carbocycles. The summed E-state index contributed by atoms with van der Waals surface area (Å²) >= 11 is 0. The standard InChI is InChI=1S/C20H25N5O3/c1-5-18(21-27-4)15-8-6-9-16(12-15)28-13-17-19(10-7-11-20(17)26-3)25-14-24(2)22-23-25/h6-12H,5,13-14H2,1-4H3/b21-18+. The average Bonchev–Trinajstić information content (AvgIpc) is 3.16. The first kappa shape index (κ1) is 19.5. The molecular weight excluding hydrogens is 358 g/mol. The van der Waals surface area contributed by atoms with Crippen molar-refractivity contribution in [1.82, 2.24) is 5.01 Å². The van der Waals surface area contributed by atoms with Crippen LogP contribution in [0.3, 0.4) is 0 Å². The van der Waals surface area contributed by atoms with E-state index in [0.717, 1.165) is 40.4 Å². The minimum absolute atomic E-state index is 0.335. The maximum absolute atomic E-state index is 6.09. The van der Waals surface area contributed by atoms with Gasteiger partial charge in [0.1, 0.15) is 31.9 Å². The summed E-state index contributed by atoms with van der Waals surface area (Å²) in [7, 11) is 5.07. The molecule has 0 unspecified atom stereocenters. The summed E-state index contributed by atoms with van der Waals surface area (Å²) in [4.78, 5) is 4.93. The zero-order valence-electron chi connectivity index (χ0n) is 16.6. The van der Waals surface area contributed by atoms with Crippen LogP contribution < -0.4 is 14.5 Å². The van der Waals surface area contributed by atoms with E-state index in [-0.39, 0.29) is 0 Å². The number of methoxy groups -OCH3 is 1. The molecule has 1 aliphatic heterocycles. The number of oxime groups is 1. The molecule has 0 spiro atoms. The lowest BCUT2D eigenvalue weighted by Gasteiger charge is -2.20. The third-order valence-electron chi connectivity index (χ3n) is 4.33. The Morgan fingerprint density at radius 3 is 2.64 bits per heavy atom. The van der Waals surface area contributed by atoms with Gasteiger partial charge >= 0.3 is 0 Å². The zero-order chi connectivity index (χ0) is 19.9. The Bertz CT molecular complexity index is 869. The van der Waals surface area contributed by atoms with E-state index in [1.807, 2.05) is 61.4 Å². The molecule has 0 saturated heterocycles. The van der Waals surface area contributed by atoms with Crippen LogP contribution in [-0.2, 0) is 11.4 Å². The van der Waals surface area contributed by atoms with E-state index in [2.05, 4.69) is 15.6 Å². The van der Waals surface area contributed by atoms with Gasteiger partial charge in [0.05, 0.1) is 24.1 Å². The van der Waals surface area contributed by atoms with Gasteiger partial charge in [0.15, 0.2) is 0 Å². The van der Waals surface area contributed by atoms with Gasteiger partial charge in [-0.3, -0.25) is 5.01 Å². The SMILES string of the molecule is CC/C(=N\OC)c1cccc(OCc2c(OC)cccc2N2CN(C)N=N2)c1. The first-order chi connectivity index (χ1) is 13.7. The van der Waals surface area contributed by atoms with Gasteiger partial charge in [0, 0.05) is 12.6 Å². The third-order valence-corrected chi connectivity index (χ3v) is 4.33. The highest BCUT2D eigenvalue weighted by molar-refractivity contribution is 6.00. The second-order valence-electron chi connectivity index (χ2n) is 6.23. The number of hydrogen-bond donors (Lipinski definition) is 0. The zero-order valence-corrected chi connectivity index (χ0v) is 16.6. The van der Waals surface area contributed by atoms with Crippen molar-refractivity contribution in [3.05, 3.63) is 53.6 Å². The second-order valence-corrected chi connectivity index (χ2v) is 6.23. The molecule has 2 aromatic rings. The molecule has 0 saturated carbocycles. The molecule has 0 atom stereocenters. The Kier molecular flexibility index (Phi) is 6.31. The molecule has 0 fully saturated rings. The van der Waals surface area contributed by atoms with Crippen LogP contribution in [-0.4, -0.2) is 38.7 Å². The minimum Gasteiger partial charge on any atom is -0.496 e. The Hall–Kier alpha value is -3.29. The van der Waals surface area contributed by atoms with E-state index >= 15 is 0 Å². The number of hydrogen-bond acceptors (Lipinski definition) is 8. The van der Waals surface area contributed by atoms with Gasteiger partial charge in [-0.15, -0.1) is 0 Å². The van der Waals surface area contributed by atoms with Gasteiger partial charge < -0.3 is 14.3 Å². The normalized spacial score (nSPS) is 13.8. The maximum atomic E-state index is 6.09. The summed E-state index contributed by atoms with van der Waals surface area (Å²) in [6.45, 7) is 2.94. The van der Waals surface area contributed by atoms with Gasteiger partial charge in [0.2, 0.25) is 0 Å². The number of anilines is 1. The summed E-state index contributed by atoms with van der Waals surface area (Å²) in [5.41, 5.74) is 3.65. The number of rotatable bonds is 8. The van der Waals surface area contributed by atoms with E-state index in [9.17, 15) is 0 Å². The number of nitrogens with zero attached hydrogens (tertiary/aromatic N) is 5. The summed E-state index contributed by atoms with van der Waals surface area (Å²) in [5, 5.41) is 15.9. The molecule has 28 heavy (non-hydrogen) atoms. The monoisotopic (exact) mass is 383 g/mol. The van der Waals surface area contributed by atoms with Crippen LogP contribution in [0, 0.1) is 0 Å². The van der Waals surface area contributed by atoms with Crippen LogP contribution in [0.15, 0.2) is 58.1 Å². The molecule has 0 N–H and O–H groups in total. The lowest BCUT2D eigenvalue weighted by atomic mass is 10.1. The first-order valence-electron chi connectivity index (χ1n) is 9.05. The van der Waals surface area contributed by atoms with Gasteiger partial charge in [-0.25, -0.2) is 5.01 Å². The summed E-state index contributed by atoms with van der Waals surface area (Å²) in [6, 6.07) is 13.6. The number of benzene rings is 2. The van der Waals surface area contributed by atoms with Gasteiger partial charge in [-0.05, 0) is 35.9 Å². The fourth-order valence-electron chi connectivity index (χ4n) is 2.98. The molecule has 1 aliphatic rings.